The summed E-state index contributed by atoms with van der Waals surface area (Å²) in [5.74, 6) is 2.05. The molecule has 0 aliphatic carbocycles. The van der Waals surface area contributed by atoms with Gasteiger partial charge >= 0.3 is 0 Å². The Morgan fingerprint density at radius 1 is 1.14 bits per heavy atom. The highest BCUT2D eigenvalue weighted by Crippen LogP contribution is 2.16. The first-order chi connectivity index (χ1) is 9.96. The van der Waals surface area contributed by atoms with Crippen LogP contribution < -0.4 is 5.32 Å². The predicted octanol–water partition coefficient (Wildman–Crippen LogP) is 4.25. The van der Waals surface area contributed by atoms with Gasteiger partial charge in [-0.3, -0.25) is 4.90 Å². The number of hydrogen-bond donors (Lipinski definition) is 1. The van der Waals surface area contributed by atoms with Crippen LogP contribution in [0.5, 0.6) is 0 Å². The van der Waals surface area contributed by atoms with Crippen molar-refractivity contribution in [1.82, 2.24) is 10.2 Å². The van der Waals surface area contributed by atoms with E-state index < -0.39 is 0 Å². The highest BCUT2D eigenvalue weighted by molar-refractivity contribution is 7.09. The second-order valence-corrected chi connectivity index (χ2v) is 7.39. The van der Waals surface area contributed by atoms with Gasteiger partial charge in [0.1, 0.15) is 11.5 Å². The molecule has 4 heteroatoms. The summed E-state index contributed by atoms with van der Waals surface area (Å²) in [4.78, 5) is 3.80. The Morgan fingerprint density at radius 3 is 2.52 bits per heavy atom. The molecule has 21 heavy (non-hydrogen) atoms. The van der Waals surface area contributed by atoms with E-state index in [4.69, 9.17) is 4.42 Å². The lowest BCUT2D eigenvalue weighted by Gasteiger charge is -2.19. The zero-order valence-electron chi connectivity index (χ0n) is 13.5. The third kappa shape index (κ3) is 5.65. The molecule has 0 fully saturated rings. The zero-order valence-corrected chi connectivity index (χ0v) is 14.3. The van der Waals surface area contributed by atoms with Gasteiger partial charge in [0.05, 0.1) is 13.1 Å². The Labute approximate surface area is 132 Å². The molecule has 0 saturated carbocycles. The maximum atomic E-state index is 5.93. The molecule has 0 spiro atoms. The summed E-state index contributed by atoms with van der Waals surface area (Å²) in [7, 11) is 0. The molecular formula is C17H26N2OS. The molecule has 0 aliphatic rings. The molecule has 0 aromatic carbocycles. The van der Waals surface area contributed by atoms with Crippen molar-refractivity contribution in [3.63, 3.8) is 0 Å². The molecule has 0 amide bonds. The zero-order chi connectivity index (χ0) is 15.3. The summed E-state index contributed by atoms with van der Waals surface area (Å²) in [5.41, 5.74) is 0.113. The number of nitrogens with zero attached hydrogens (tertiary/aromatic N) is 1. The normalized spacial score (nSPS) is 12.2. The SMILES string of the molecule is CCN(Cc1ccc(CNC(C)(C)C)o1)Cc1cccs1. The molecule has 2 rings (SSSR count). The third-order valence-corrected chi connectivity index (χ3v) is 4.16. The number of hydrogen-bond acceptors (Lipinski definition) is 4. The maximum absolute atomic E-state index is 5.93. The molecule has 2 aromatic heterocycles. The second kappa shape index (κ2) is 7.25. The lowest BCUT2D eigenvalue weighted by Crippen LogP contribution is -2.34. The Bertz CT molecular complexity index is 525. The fourth-order valence-electron chi connectivity index (χ4n) is 2.08. The van der Waals surface area contributed by atoms with Gasteiger partial charge in [-0.15, -0.1) is 11.3 Å². The van der Waals surface area contributed by atoms with Gasteiger partial charge in [0.25, 0.3) is 0 Å². The van der Waals surface area contributed by atoms with Crippen molar-refractivity contribution in [3.05, 3.63) is 46.0 Å². The van der Waals surface area contributed by atoms with Crippen molar-refractivity contribution in [2.75, 3.05) is 6.54 Å². The van der Waals surface area contributed by atoms with E-state index >= 15 is 0 Å². The Kier molecular flexibility index (Phi) is 5.62. The van der Waals surface area contributed by atoms with E-state index in [0.717, 1.165) is 37.7 Å². The van der Waals surface area contributed by atoms with E-state index in [1.165, 1.54) is 4.88 Å². The summed E-state index contributed by atoms with van der Waals surface area (Å²) in [6.45, 7) is 12.3. The van der Waals surface area contributed by atoms with Crippen molar-refractivity contribution in [3.8, 4) is 0 Å². The quantitative estimate of drug-likeness (QED) is 0.829. The summed E-state index contributed by atoms with van der Waals surface area (Å²) in [6.07, 6.45) is 0. The lowest BCUT2D eigenvalue weighted by molar-refractivity contribution is 0.245. The number of rotatable bonds is 7. The molecule has 1 N–H and O–H groups in total. The fourth-order valence-corrected chi connectivity index (χ4v) is 2.82. The van der Waals surface area contributed by atoms with Crippen LogP contribution in [0.1, 0.15) is 44.1 Å². The Morgan fingerprint density at radius 2 is 1.90 bits per heavy atom. The van der Waals surface area contributed by atoms with Gasteiger partial charge in [-0.05, 0) is 50.9 Å². The third-order valence-electron chi connectivity index (χ3n) is 3.30. The molecule has 0 unspecified atom stereocenters. The van der Waals surface area contributed by atoms with Gasteiger partial charge in [0, 0.05) is 17.0 Å². The minimum Gasteiger partial charge on any atom is -0.463 e. The molecule has 2 aromatic rings. The Hall–Kier alpha value is -1.10. The van der Waals surface area contributed by atoms with E-state index in [9.17, 15) is 0 Å². The molecular weight excluding hydrogens is 280 g/mol. The van der Waals surface area contributed by atoms with Crippen molar-refractivity contribution < 1.29 is 4.42 Å². The van der Waals surface area contributed by atoms with Gasteiger partial charge in [-0.2, -0.15) is 0 Å². The van der Waals surface area contributed by atoms with Gasteiger partial charge < -0.3 is 9.73 Å². The van der Waals surface area contributed by atoms with Gasteiger partial charge in [0.2, 0.25) is 0 Å². The standard InChI is InChI=1S/C17H26N2OS/c1-5-19(13-16-7-6-10-21-16)12-15-9-8-14(20-15)11-18-17(2,3)4/h6-10,18H,5,11-13H2,1-4H3. The first kappa shape index (κ1) is 16.3. The number of thiophene rings is 1. The van der Waals surface area contributed by atoms with Gasteiger partial charge in [-0.1, -0.05) is 13.0 Å². The molecule has 0 atom stereocenters. The molecule has 0 radical (unpaired) electrons. The summed E-state index contributed by atoms with van der Waals surface area (Å²) < 4.78 is 5.93. The van der Waals surface area contributed by atoms with Crippen LogP contribution in [0.4, 0.5) is 0 Å². The van der Waals surface area contributed by atoms with Crippen LogP contribution in [0.25, 0.3) is 0 Å². The lowest BCUT2D eigenvalue weighted by atomic mass is 10.1. The minimum absolute atomic E-state index is 0.113. The van der Waals surface area contributed by atoms with E-state index in [-0.39, 0.29) is 5.54 Å². The minimum atomic E-state index is 0.113. The van der Waals surface area contributed by atoms with Gasteiger partial charge in [0.15, 0.2) is 0 Å². The molecule has 0 aliphatic heterocycles. The second-order valence-electron chi connectivity index (χ2n) is 6.35. The smallest absolute Gasteiger partial charge is 0.118 e. The van der Waals surface area contributed by atoms with E-state index in [1.54, 1.807) is 0 Å². The first-order valence-corrected chi connectivity index (χ1v) is 8.41. The van der Waals surface area contributed by atoms with E-state index in [2.05, 4.69) is 67.6 Å². The number of nitrogens with one attached hydrogen (secondary N) is 1. The summed E-state index contributed by atoms with van der Waals surface area (Å²) in [6, 6.07) is 8.47. The molecule has 0 bridgehead atoms. The van der Waals surface area contributed by atoms with Crippen LogP contribution in [0, 0.1) is 0 Å². The van der Waals surface area contributed by atoms with Crippen LogP contribution in [-0.2, 0) is 19.6 Å². The van der Waals surface area contributed by atoms with E-state index in [0.29, 0.717) is 0 Å². The van der Waals surface area contributed by atoms with Crippen molar-refractivity contribution in [2.24, 2.45) is 0 Å². The van der Waals surface area contributed by atoms with Crippen LogP contribution in [0.2, 0.25) is 0 Å². The summed E-state index contributed by atoms with van der Waals surface area (Å²) in [5, 5.41) is 5.58. The largest absolute Gasteiger partial charge is 0.463 e. The van der Waals surface area contributed by atoms with Crippen LogP contribution in [0.15, 0.2) is 34.1 Å². The molecule has 3 nitrogen and oxygen atoms in total. The monoisotopic (exact) mass is 306 g/mol. The average molecular weight is 306 g/mol. The topological polar surface area (TPSA) is 28.4 Å². The Balaban J connectivity index is 1.88. The van der Waals surface area contributed by atoms with E-state index in [1.807, 2.05) is 11.3 Å². The van der Waals surface area contributed by atoms with Crippen LogP contribution in [0.3, 0.4) is 0 Å². The van der Waals surface area contributed by atoms with Crippen LogP contribution in [-0.4, -0.2) is 17.0 Å². The summed E-state index contributed by atoms with van der Waals surface area (Å²) >= 11 is 1.81. The highest BCUT2D eigenvalue weighted by Gasteiger charge is 2.12. The molecule has 2 heterocycles. The van der Waals surface area contributed by atoms with Gasteiger partial charge in [-0.25, -0.2) is 0 Å². The molecule has 116 valence electrons. The fraction of sp³-hybridized carbons (Fsp3) is 0.529. The van der Waals surface area contributed by atoms with Crippen molar-refractivity contribution >= 4 is 11.3 Å². The number of furan rings is 1. The van der Waals surface area contributed by atoms with Crippen molar-refractivity contribution in [2.45, 2.75) is 52.9 Å². The highest BCUT2D eigenvalue weighted by atomic mass is 32.1. The average Bonchev–Trinajstić information content (AvgIpc) is 3.06. The maximum Gasteiger partial charge on any atom is 0.118 e. The van der Waals surface area contributed by atoms with Crippen LogP contribution >= 0.6 is 11.3 Å². The first-order valence-electron chi connectivity index (χ1n) is 7.53. The predicted molar refractivity (Wildman–Crippen MR) is 89.4 cm³/mol. The molecule has 0 saturated heterocycles. The van der Waals surface area contributed by atoms with Crippen molar-refractivity contribution in [1.29, 1.82) is 0 Å².